The minimum atomic E-state index is -5.77. The zero-order valence-corrected chi connectivity index (χ0v) is 18.7. The highest BCUT2D eigenvalue weighted by Gasteiger charge is 2.29. The molecule has 0 aliphatic rings. The fourth-order valence-corrected chi connectivity index (χ4v) is 5.60. The highest BCUT2D eigenvalue weighted by Crippen LogP contribution is 2.30. The van der Waals surface area contributed by atoms with Gasteiger partial charge in [0.15, 0.2) is 38.0 Å². The molecule has 0 aliphatic carbocycles. The summed E-state index contributed by atoms with van der Waals surface area (Å²) >= 11 is 0. The number of hydrogen-bond donors (Lipinski definition) is 0. The molecule has 4 aromatic carbocycles. The molecule has 0 N–H and O–H groups in total. The Morgan fingerprint density at radius 2 is 0.765 bits per heavy atom. The van der Waals surface area contributed by atoms with Crippen LogP contribution in [0.1, 0.15) is 0 Å². The number of rotatable bonds is 4. The second-order valence-electron chi connectivity index (χ2n) is 6.60. The van der Waals surface area contributed by atoms with Crippen LogP contribution >= 0.6 is 0 Å². The maximum absolute atomic E-state index is 12.6. The van der Waals surface area contributed by atoms with E-state index in [2.05, 4.69) is 91.0 Å². The van der Waals surface area contributed by atoms with Gasteiger partial charge in [-0.15, -0.1) is 0 Å². The molecule has 0 fully saturated rings. The van der Waals surface area contributed by atoms with Crippen LogP contribution < -0.4 is 0 Å². The van der Waals surface area contributed by atoms with E-state index < -0.39 is 44.1 Å². The molecular weight excluding hydrogens is 495 g/mol. The lowest BCUT2D eigenvalue weighted by Crippen LogP contribution is -2.12. The second kappa shape index (κ2) is 10.8. The van der Waals surface area contributed by atoms with Crippen molar-refractivity contribution in [2.45, 2.75) is 19.6 Å². The SMILES string of the molecule is O=S(=O)([O-])c1c(F)c(F)c(F)c(F)c1F.c1ccc([S+](c2ccccc2)c2ccccc2)cc1. The quantitative estimate of drug-likeness (QED) is 0.110. The summed E-state index contributed by atoms with van der Waals surface area (Å²) in [4.78, 5) is 1.71. The molecule has 4 aromatic rings. The Hall–Kier alpha value is -3.21. The third-order valence-electron chi connectivity index (χ3n) is 4.36. The van der Waals surface area contributed by atoms with Gasteiger partial charge in [-0.05, 0) is 36.4 Å². The van der Waals surface area contributed by atoms with Crippen LogP contribution in [-0.2, 0) is 21.0 Å². The van der Waals surface area contributed by atoms with Crippen molar-refractivity contribution >= 4 is 21.0 Å². The van der Waals surface area contributed by atoms with Crippen LogP contribution in [0.5, 0.6) is 0 Å². The van der Waals surface area contributed by atoms with Crippen LogP contribution in [0.3, 0.4) is 0 Å². The van der Waals surface area contributed by atoms with Crippen molar-refractivity contribution in [3.63, 3.8) is 0 Å². The van der Waals surface area contributed by atoms with Crippen LogP contribution in [0.2, 0.25) is 0 Å². The molecule has 0 saturated heterocycles. The van der Waals surface area contributed by atoms with E-state index in [1.165, 1.54) is 14.7 Å². The van der Waals surface area contributed by atoms with Gasteiger partial charge in [-0.2, -0.15) is 0 Å². The molecule has 0 aliphatic heterocycles. The third-order valence-corrected chi connectivity index (χ3v) is 7.45. The maximum atomic E-state index is 12.6. The van der Waals surface area contributed by atoms with Crippen molar-refractivity contribution in [1.29, 1.82) is 0 Å². The lowest BCUT2D eigenvalue weighted by atomic mass is 10.3. The summed E-state index contributed by atoms with van der Waals surface area (Å²) in [5, 5.41) is 0. The first kappa shape index (κ1) is 25.4. The van der Waals surface area contributed by atoms with Crippen LogP contribution in [0.15, 0.2) is 111 Å². The van der Waals surface area contributed by atoms with Gasteiger partial charge < -0.3 is 4.55 Å². The van der Waals surface area contributed by atoms with Crippen molar-refractivity contribution in [2.75, 3.05) is 0 Å². The highest BCUT2D eigenvalue weighted by atomic mass is 32.2. The third kappa shape index (κ3) is 5.64. The molecule has 0 spiro atoms. The maximum Gasteiger partial charge on any atom is 0.200 e. The Morgan fingerprint density at radius 1 is 0.500 bits per heavy atom. The Kier molecular flexibility index (Phi) is 8.08. The van der Waals surface area contributed by atoms with Crippen LogP contribution in [0.4, 0.5) is 22.0 Å². The lowest BCUT2D eigenvalue weighted by Gasteiger charge is -2.10. The minimum Gasteiger partial charge on any atom is -0.744 e. The van der Waals surface area contributed by atoms with E-state index in [1.807, 2.05) is 0 Å². The minimum absolute atomic E-state index is 0.0146. The zero-order chi connectivity index (χ0) is 24.9. The van der Waals surface area contributed by atoms with Gasteiger partial charge in [0.05, 0.1) is 10.9 Å². The van der Waals surface area contributed by atoms with Gasteiger partial charge in [0.2, 0.25) is 5.82 Å². The van der Waals surface area contributed by atoms with Gasteiger partial charge >= 0.3 is 0 Å². The van der Waals surface area contributed by atoms with Crippen molar-refractivity contribution in [1.82, 2.24) is 0 Å². The van der Waals surface area contributed by atoms with E-state index in [0.29, 0.717) is 0 Å². The molecule has 0 saturated carbocycles. The summed E-state index contributed by atoms with van der Waals surface area (Å²) in [7, 11) is -5.79. The normalized spacial score (nSPS) is 11.1. The molecule has 0 atom stereocenters. The van der Waals surface area contributed by atoms with Crippen molar-refractivity contribution in [3.8, 4) is 0 Å². The predicted molar refractivity (Wildman–Crippen MR) is 116 cm³/mol. The first-order chi connectivity index (χ1) is 16.1. The van der Waals surface area contributed by atoms with Gasteiger partial charge in [0.25, 0.3) is 0 Å². The molecule has 3 nitrogen and oxygen atoms in total. The van der Waals surface area contributed by atoms with Gasteiger partial charge in [-0.3, -0.25) is 0 Å². The molecular formula is C24H15F5O3S2. The zero-order valence-electron chi connectivity index (χ0n) is 17.1. The summed E-state index contributed by atoms with van der Waals surface area (Å²) < 4.78 is 92.9. The largest absolute Gasteiger partial charge is 0.744 e. The fraction of sp³-hybridized carbons (Fsp3) is 0. The van der Waals surface area contributed by atoms with E-state index in [1.54, 1.807) is 0 Å². The van der Waals surface area contributed by atoms with Gasteiger partial charge in [-0.1, -0.05) is 54.6 Å². The average Bonchev–Trinajstić information content (AvgIpc) is 2.83. The van der Waals surface area contributed by atoms with E-state index in [9.17, 15) is 34.9 Å². The van der Waals surface area contributed by atoms with Crippen molar-refractivity contribution in [3.05, 3.63) is 120 Å². The topological polar surface area (TPSA) is 57.2 Å². The molecule has 176 valence electrons. The van der Waals surface area contributed by atoms with Crippen molar-refractivity contribution in [2.24, 2.45) is 0 Å². The highest BCUT2D eigenvalue weighted by molar-refractivity contribution is 7.97. The Bertz CT molecular complexity index is 1250. The molecule has 0 amide bonds. The average molecular weight is 511 g/mol. The Morgan fingerprint density at radius 3 is 1.03 bits per heavy atom. The van der Waals surface area contributed by atoms with E-state index in [-0.39, 0.29) is 10.9 Å². The van der Waals surface area contributed by atoms with E-state index >= 15 is 0 Å². The van der Waals surface area contributed by atoms with Crippen LogP contribution in [-0.4, -0.2) is 13.0 Å². The molecule has 0 heterocycles. The summed E-state index contributed by atoms with van der Waals surface area (Å²) in [6.45, 7) is 0. The number of halogens is 5. The molecule has 0 bridgehead atoms. The lowest BCUT2D eigenvalue weighted by molar-refractivity contribution is 0.350. The molecule has 4 rings (SSSR count). The molecule has 34 heavy (non-hydrogen) atoms. The summed E-state index contributed by atoms with van der Waals surface area (Å²) in [5.74, 6) is -12.8. The number of hydrogen-bond acceptors (Lipinski definition) is 3. The molecule has 0 aromatic heterocycles. The summed E-state index contributed by atoms with van der Waals surface area (Å²) in [6.07, 6.45) is 0. The van der Waals surface area contributed by atoms with Gasteiger partial charge in [-0.25, -0.2) is 30.4 Å². The number of benzene rings is 4. The standard InChI is InChI=1S/C18H15S.C6HF5O3S/c1-4-10-16(11-5-1)19(17-12-6-2-7-13-17)18-14-8-3-9-15-18;7-1-2(8)4(10)6(15(12,13)14)5(11)3(1)9/h1-15H;(H,12,13,14)/q+1;/p-1. The molecule has 0 radical (unpaired) electrons. The first-order valence-electron chi connectivity index (χ1n) is 9.49. The summed E-state index contributed by atoms with van der Waals surface area (Å²) in [5.41, 5.74) is 0. The van der Waals surface area contributed by atoms with Gasteiger partial charge in [0, 0.05) is 0 Å². The van der Waals surface area contributed by atoms with E-state index in [4.69, 9.17) is 0 Å². The Labute approximate surface area is 195 Å². The first-order valence-corrected chi connectivity index (χ1v) is 12.1. The van der Waals surface area contributed by atoms with Crippen molar-refractivity contribution < 1.29 is 34.9 Å². The van der Waals surface area contributed by atoms with Gasteiger partial charge in [0.1, 0.15) is 15.0 Å². The predicted octanol–water partition coefficient (Wildman–Crippen LogP) is 6.07. The molecule has 10 heteroatoms. The monoisotopic (exact) mass is 510 g/mol. The Balaban J connectivity index is 0.000000197. The second-order valence-corrected chi connectivity index (χ2v) is 9.94. The van der Waals surface area contributed by atoms with Crippen LogP contribution in [0.25, 0.3) is 0 Å². The fourth-order valence-electron chi connectivity index (χ4n) is 2.88. The summed E-state index contributed by atoms with van der Waals surface area (Å²) in [6, 6.07) is 32.2. The van der Waals surface area contributed by atoms with Crippen LogP contribution in [0, 0.1) is 29.1 Å². The van der Waals surface area contributed by atoms with E-state index in [0.717, 1.165) is 0 Å². The molecule has 0 unspecified atom stereocenters. The smallest absolute Gasteiger partial charge is 0.200 e.